The number of alkyl halides is 1. The molecular formula is C19H31FO. The van der Waals surface area contributed by atoms with Gasteiger partial charge in [-0.2, -0.15) is 0 Å². The summed E-state index contributed by atoms with van der Waals surface area (Å²) in [6, 6.07) is 7.82. The Bertz CT molecular complexity index is 396. The minimum Gasteiger partial charge on any atom is -0.390 e. The molecule has 1 unspecified atom stereocenters. The maximum Gasteiger partial charge on any atom is 0.125 e. The van der Waals surface area contributed by atoms with E-state index in [1.54, 1.807) is 0 Å². The summed E-state index contributed by atoms with van der Waals surface area (Å²) in [7, 11) is 0. The van der Waals surface area contributed by atoms with Crippen LogP contribution >= 0.6 is 0 Å². The molecule has 0 fully saturated rings. The molecule has 0 amide bonds. The molecule has 0 radical (unpaired) electrons. The van der Waals surface area contributed by atoms with Gasteiger partial charge in [-0.1, -0.05) is 64.3 Å². The lowest BCUT2D eigenvalue weighted by Crippen LogP contribution is -2.28. The predicted octanol–water partition coefficient (Wildman–Crippen LogP) is 5.76. The smallest absolute Gasteiger partial charge is 0.125 e. The van der Waals surface area contributed by atoms with Gasteiger partial charge >= 0.3 is 0 Å². The molecule has 1 N–H and O–H groups in total. The molecule has 0 aliphatic heterocycles. The van der Waals surface area contributed by atoms with Gasteiger partial charge in [0.05, 0.1) is 5.60 Å². The second kappa shape index (κ2) is 9.19. The second-order valence-electron chi connectivity index (χ2n) is 6.23. The minimum absolute atomic E-state index is 0.558. The van der Waals surface area contributed by atoms with Crippen molar-refractivity contribution in [2.45, 2.75) is 83.9 Å². The van der Waals surface area contributed by atoms with Crippen molar-refractivity contribution >= 4 is 0 Å². The van der Waals surface area contributed by atoms with Gasteiger partial charge in [0.25, 0.3) is 0 Å². The highest BCUT2D eigenvalue weighted by molar-refractivity contribution is 5.25. The Morgan fingerprint density at radius 2 is 1.71 bits per heavy atom. The number of halogens is 1. The zero-order chi connectivity index (χ0) is 15.7. The van der Waals surface area contributed by atoms with Gasteiger partial charge in [-0.15, -0.1) is 0 Å². The summed E-state index contributed by atoms with van der Waals surface area (Å²) in [6.07, 6.45) is 5.87. The fraction of sp³-hybridized carbons (Fsp3) is 0.684. The molecule has 0 heterocycles. The molecule has 0 saturated heterocycles. The monoisotopic (exact) mass is 294 g/mol. The summed E-state index contributed by atoms with van der Waals surface area (Å²) in [6.45, 7) is 6.23. The first-order valence-corrected chi connectivity index (χ1v) is 8.50. The molecule has 1 nitrogen and oxygen atoms in total. The van der Waals surface area contributed by atoms with Crippen molar-refractivity contribution in [3.8, 4) is 0 Å². The number of hydrogen-bond acceptors (Lipinski definition) is 1. The first-order valence-electron chi connectivity index (χ1n) is 8.50. The fourth-order valence-corrected chi connectivity index (χ4v) is 3.05. The summed E-state index contributed by atoms with van der Waals surface area (Å²) in [5.74, 6) is 0. The van der Waals surface area contributed by atoms with Crippen molar-refractivity contribution in [1.82, 2.24) is 0 Å². The molecule has 1 atom stereocenters. The minimum atomic E-state index is -0.861. The van der Waals surface area contributed by atoms with E-state index in [0.717, 1.165) is 56.1 Å². The van der Waals surface area contributed by atoms with E-state index in [1.807, 2.05) is 31.2 Å². The van der Waals surface area contributed by atoms with Crippen LogP contribution < -0.4 is 0 Å². The first-order chi connectivity index (χ1) is 10.0. The molecule has 21 heavy (non-hydrogen) atoms. The summed E-state index contributed by atoms with van der Waals surface area (Å²) >= 11 is 0. The SMILES string of the molecule is CCCC(F)c1cccc(CCC(O)(CCC)CCC)c1. The molecule has 0 aromatic heterocycles. The Labute approximate surface area is 129 Å². The van der Waals surface area contributed by atoms with Gasteiger partial charge in [-0.25, -0.2) is 4.39 Å². The van der Waals surface area contributed by atoms with Crippen LogP contribution in [0.1, 0.15) is 83.0 Å². The summed E-state index contributed by atoms with van der Waals surface area (Å²) in [5.41, 5.74) is 1.36. The quantitative estimate of drug-likeness (QED) is 0.581. The molecule has 1 aromatic rings. The van der Waals surface area contributed by atoms with Crippen LogP contribution in [0.4, 0.5) is 4.39 Å². The van der Waals surface area contributed by atoms with Crippen LogP contribution in [0.2, 0.25) is 0 Å². The van der Waals surface area contributed by atoms with Crippen LogP contribution in [0.15, 0.2) is 24.3 Å². The fourth-order valence-electron chi connectivity index (χ4n) is 3.05. The van der Waals surface area contributed by atoms with Gasteiger partial charge in [-0.3, -0.25) is 0 Å². The van der Waals surface area contributed by atoms with Crippen LogP contribution in [0.3, 0.4) is 0 Å². The van der Waals surface area contributed by atoms with E-state index in [9.17, 15) is 9.50 Å². The van der Waals surface area contributed by atoms with E-state index in [1.165, 1.54) is 0 Å². The number of aryl methyl sites for hydroxylation is 1. The molecule has 1 aromatic carbocycles. The topological polar surface area (TPSA) is 20.2 Å². The van der Waals surface area contributed by atoms with E-state index in [4.69, 9.17) is 0 Å². The van der Waals surface area contributed by atoms with Crippen LogP contribution in [-0.2, 0) is 6.42 Å². The Balaban J connectivity index is 2.67. The average molecular weight is 294 g/mol. The summed E-state index contributed by atoms with van der Waals surface area (Å²) in [4.78, 5) is 0. The van der Waals surface area contributed by atoms with Crippen molar-refractivity contribution < 1.29 is 9.50 Å². The van der Waals surface area contributed by atoms with Crippen molar-refractivity contribution in [3.05, 3.63) is 35.4 Å². The lowest BCUT2D eigenvalue weighted by Gasteiger charge is -2.27. The zero-order valence-electron chi connectivity index (χ0n) is 13.9. The third-order valence-electron chi connectivity index (χ3n) is 4.16. The third kappa shape index (κ3) is 6.17. The van der Waals surface area contributed by atoms with Gasteiger partial charge in [-0.05, 0) is 43.2 Å². The van der Waals surface area contributed by atoms with E-state index < -0.39 is 11.8 Å². The Hall–Kier alpha value is -0.890. The number of rotatable bonds is 10. The van der Waals surface area contributed by atoms with Crippen LogP contribution in [0.5, 0.6) is 0 Å². The molecule has 120 valence electrons. The molecule has 2 heteroatoms. The maximum atomic E-state index is 14.0. The first kappa shape index (κ1) is 18.2. The highest BCUT2D eigenvalue weighted by Gasteiger charge is 2.24. The van der Waals surface area contributed by atoms with Crippen LogP contribution in [-0.4, -0.2) is 10.7 Å². The van der Waals surface area contributed by atoms with E-state index in [-0.39, 0.29) is 0 Å². The summed E-state index contributed by atoms with van der Waals surface area (Å²) in [5, 5.41) is 10.7. The number of aliphatic hydroxyl groups is 1. The van der Waals surface area contributed by atoms with Gasteiger partial charge in [0.15, 0.2) is 0 Å². The second-order valence-corrected chi connectivity index (χ2v) is 6.23. The normalized spacial score (nSPS) is 13.4. The standard InChI is InChI=1S/C19H31FO/c1-4-8-18(20)17-10-7-9-16(15-17)11-14-19(21,12-5-2)13-6-3/h7,9-10,15,18,21H,4-6,8,11-14H2,1-3H3. The lowest BCUT2D eigenvalue weighted by molar-refractivity contribution is 0.0132. The van der Waals surface area contributed by atoms with Crippen LogP contribution in [0, 0.1) is 0 Å². The van der Waals surface area contributed by atoms with Crippen molar-refractivity contribution in [2.75, 3.05) is 0 Å². The lowest BCUT2D eigenvalue weighted by atomic mass is 9.86. The zero-order valence-corrected chi connectivity index (χ0v) is 13.9. The highest BCUT2D eigenvalue weighted by atomic mass is 19.1. The van der Waals surface area contributed by atoms with Crippen molar-refractivity contribution in [2.24, 2.45) is 0 Å². The highest BCUT2D eigenvalue weighted by Crippen LogP contribution is 2.27. The van der Waals surface area contributed by atoms with Gasteiger partial charge < -0.3 is 5.11 Å². The predicted molar refractivity (Wildman–Crippen MR) is 88.3 cm³/mol. The number of benzene rings is 1. The molecule has 0 aliphatic rings. The molecule has 1 rings (SSSR count). The van der Waals surface area contributed by atoms with Crippen molar-refractivity contribution in [3.63, 3.8) is 0 Å². The van der Waals surface area contributed by atoms with Gasteiger partial charge in [0.1, 0.15) is 6.17 Å². The summed E-state index contributed by atoms with van der Waals surface area (Å²) < 4.78 is 14.0. The molecular weight excluding hydrogens is 263 g/mol. The molecule has 0 spiro atoms. The Morgan fingerprint density at radius 1 is 1.05 bits per heavy atom. The van der Waals surface area contributed by atoms with E-state index in [2.05, 4.69) is 13.8 Å². The Morgan fingerprint density at radius 3 is 2.29 bits per heavy atom. The van der Waals surface area contributed by atoms with Crippen LogP contribution in [0.25, 0.3) is 0 Å². The van der Waals surface area contributed by atoms with E-state index >= 15 is 0 Å². The largest absolute Gasteiger partial charge is 0.390 e. The van der Waals surface area contributed by atoms with E-state index in [0.29, 0.717) is 6.42 Å². The average Bonchev–Trinajstić information content (AvgIpc) is 2.46. The number of hydrogen-bond donors (Lipinski definition) is 1. The molecule has 0 saturated carbocycles. The van der Waals surface area contributed by atoms with Gasteiger partial charge in [0, 0.05) is 0 Å². The third-order valence-corrected chi connectivity index (χ3v) is 4.16. The molecule has 0 bridgehead atoms. The molecule has 0 aliphatic carbocycles. The van der Waals surface area contributed by atoms with Crippen molar-refractivity contribution in [1.29, 1.82) is 0 Å². The maximum absolute atomic E-state index is 14.0. The Kier molecular flexibility index (Phi) is 7.95. The van der Waals surface area contributed by atoms with Gasteiger partial charge in [0.2, 0.25) is 0 Å².